The van der Waals surface area contributed by atoms with Gasteiger partial charge in [0.1, 0.15) is 0 Å². The second-order valence-electron chi connectivity index (χ2n) is 2.61. The van der Waals surface area contributed by atoms with Crippen molar-refractivity contribution in [2.45, 2.75) is 12.5 Å². The first kappa shape index (κ1) is 9.68. The molecule has 12 heavy (non-hydrogen) atoms. The molecule has 0 radical (unpaired) electrons. The predicted molar refractivity (Wildman–Crippen MR) is 51.7 cm³/mol. The van der Waals surface area contributed by atoms with Crippen molar-refractivity contribution in [1.82, 2.24) is 0 Å². The zero-order valence-corrected chi connectivity index (χ0v) is 8.22. The molecular weight excluding hydrogens is 221 g/mol. The average Bonchev–Trinajstić information content (AvgIpc) is 2.05. The quantitative estimate of drug-likeness (QED) is 0.851. The minimum atomic E-state index is -0.373. The van der Waals surface area contributed by atoms with Crippen molar-refractivity contribution in [2.75, 3.05) is 6.67 Å². The van der Waals surface area contributed by atoms with Crippen molar-refractivity contribution < 1.29 is 4.39 Å². The zero-order valence-electron chi connectivity index (χ0n) is 6.63. The van der Waals surface area contributed by atoms with E-state index in [4.69, 9.17) is 5.73 Å². The van der Waals surface area contributed by atoms with E-state index >= 15 is 0 Å². The molecule has 0 saturated heterocycles. The summed E-state index contributed by atoms with van der Waals surface area (Å²) in [6.07, 6.45) is 0.378. The van der Waals surface area contributed by atoms with Crippen LogP contribution in [-0.4, -0.2) is 6.67 Å². The summed E-state index contributed by atoms with van der Waals surface area (Å²) in [5.41, 5.74) is 6.70. The van der Waals surface area contributed by atoms with Gasteiger partial charge in [-0.1, -0.05) is 34.1 Å². The van der Waals surface area contributed by atoms with Crippen LogP contribution in [0.2, 0.25) is 0 Å². The Balaban J connectivity index is 2.79. The largest absolute Gasteiger partial charge is 0.324 e. The third-order valence-electron chi connectivity index (χ3n) is 1.72. The van der Waals surface area contributed by atoms with Crippen molar-refractivity contribution in [2.24, 2.45) is 5.73 Å². The van der Waals surface area contributed by atoms with Crippen LogP contribution in [0.25, 0.3) is 0 Å². The maximum absolute atomic E-state index is 12.0. The highest BCUT2D eigenvalue weighted by atomic mass is 79.9. The topological polar surface area (TPSA) is 26.0 Å². The summed E-state index contributed by atoms with van der Waals surface area (Å²) >= 11 is 3.36. The third kappa shape index (κ3) is 2.29. The number of halogens is 2. The maximum atomic E-state index is 12.0. The number of hydrogen-bond donors (Lipinski definition) is 1. The monoisotopic (exact) mass is 231 g/mol. The lowest BCUT2D eigenvalue weighted by atomic mass is 10.1. The molecule has 1 aromatic carbocycles. The number of rotatable bonds is 3. The van der Waals surface area contributed by atoms with E-state index < -0.39 is 0 Å². The summed E-state index contributed by atoms with van der Waals surface area (Å²) in [6.45, 7) is -0.373. The van der Waals surface area contributed by atoms with Gasteiger partial charge in [0.25, 0.3) is 0 Å². The first-order chi connectivity index (χ1) is 5.75. The van der Waals surface area contributed by atoms with Crippen LogP contribution in [0.5, 0.6) is 0 Å². The molecule has 0 fully saturated rings. The van der Waals surface area contributed by atoms with Crippen LogP contribution in [0.1, 0.15) is 18.0 Å². The van der Waals surface area contributed by atoms with Crippen molar-refractivity contribution in [3.63, 3.8) is 0 Å². The van der Waals surface area contributed by atoms with Gasteiger partial charge < -0.3 is 5.73 Å². The van der Waals surface area contributed by atoms with Gasteiger partial charge >= 0.3 is 0 Å². The van der Waals surface area contributed by atoms with Gasteiger partial charge in [0, 0.05) is 10.5 Å². The number of nitrogens with two attached hydrogens (primary N) is 1. The summed E-state index contributed by atoms with van der Waals surface area (Å²) in [6, 6.07) is 7.43. The molecule has 0 amide bonds. The van der Waals surface area contributed by atoms with E-state index in [-0.39, 0.29) is 12.7 Å². The van der Waals surface area contributed by atoms with E-state index in [9.17, 15) is 4.39 Å². The summed E-state index contributed by atoms with van der Waals surface area (Å²) < 4.78 is 12.9. The first-order valence-electron chi connectivity index (χ1n) is 3.81. The van der Waals surface area contributed by atoms with Gasteiger partial charge in [0.15, 0.2) is 0 Å². The van der Waals surface area contributed by atoms with Crippen LogP contribution in [0.3, 0.4) is 0 Å². The van der Waals surface area contributed by atoms with Gasteiger partial charge in [-0.15, -0.1) is 0 Å². The highest BCUT2D eigenvalue weighted by Crippen LogP contribution is 2.23. The first-order valence-corrected chi connectivity index (χ1v) is 4.61. The van der Waals surface area contributed by atoms with E-state index in [1.807, 2.05) is 24.3 Å². The molecule has 0 aliphatic heterocycles. The van der Waals surface area contributed by atoms with Gasteiger partial charge in [0.05, 0.1) is 6.67 Å². The number of alkyl halides is 1. The van der Waals surface area contributed by atoms with E-state index in [1.54, 1.807) is 0 Å². The molecule has 66 valence electrons. The van der Waals surface area contributed by atoms with E-state index in [2.05, 4.69) is 15.9 Å². The molecule has 1 nitrogen and oxygen atoms in total. The molecule has 0 saturated carbocycles. The van der Waals surface area contributed by atoms with Crippen LogP contribution in [0.4, 0.5) is 4.39 Å². The Bertz CT molecular complexity index is 252. The molecule has 0 aromatic heterocycles. The minimum Gasteiger partial charge on any atom is -0.324 e. The van der Waals surface area contributed by atoms with E-state index in [0.29, 0.717) is 6.42 Å². The second kappa shape index (κ2) is 4.58. The predicted octanol–water partition coefficient (Wildman–Crippen LogP) is 2.81. The van der Waals surface area contributed by atoms with Crippen LogP contribution >= 0.6 is 15.9 Å². The van der Waals surface area contributed by atoms with Crippen molar-refractivity contribution >= 4 is 15.9 Å². The van der Waals surface area contributed by atoms with Crippen LogP contribution in [-0.2, 0) is 0 Å². The van der Waals surface area contributed by atoms with Gasteiger partial charge in [0.2, 0.25) is 0 Å². The molecule has 0 heterocycles. The van der Waals surface area contributed by atoms with E-state index in [1.165, 1.54) is 0 Å². The van der Waals surface area contributed by atoms with Gasteiger partial charge in [-0.25, -0.2) is 0 Å². The molecule has 3 heteroatoms. The van der Waals surface area contributed by atoms with Crippen molar-refractivity contribution in [1.29, 1.82) is 0 Å². The molecule has 0 bridgehead atoms. The molecule has 0 unspecified atom stereocenters. The summed E-state index contributed by atoms with van der Waals surface area (Å²) in [5, 5.41) is 0. The summed E-state index contributed by atoms with van der Waals surface area (Å²) in [4.78, 5) is 0. The molecule has 1 rings (SSSR count). The number of hydrogen-bond acceptors (Lipinski definition) is 1. The molecule has 0 spiro atoms. The molecule has 2 N–H and O–H groups in total. The standard InChI is InChI=1S/C9H11BrFN/c10-8-4-2-1-3-7(8)9(12)5-6-11/h1-4,9H,5-6,12H2/t9-/m1/s1. The minimum absolute atomic E-state index is 0.203. The molecule has 1 aromatic rings. The van der Waals surface area contributed by atoms with E-state index in [0.717, 1.165) is 10.0 Å². The highest BCUT2D eigenvalue weighted by Gasteiger charge is 2.07. The summed E-state index contributed by atoms with van der Waals surface area (Å²) in [5.74, 6) is 0. The zero-order chi connectivity index (χ0) is 8.97. The molecular formula is C9H11BrFN. The second-order valence-corrected chi connectivity index (χ2v) is 3.46. The fraction of sp³-hybridized carbons (Fsp3) is 0.333. The van der Waals surface area contributed by atoms with Crippen molar-refractivity contribution in [3.8, 4) is 0 Å². The lowest BCUT2D eigenvalue weighted by Crippen LogP contribution is -2.11. The molecule has 0 aliphatic carbocycles. The van der Waals surface area contributed by atoms with Gasteiger partial charge in [-0.05, 0) is 18.1 Å². The fourth-order valence-electron chi connectivity index (χ4n) is 1.05. The fourth-order valence-corrected chi connectivity index (χ4v) is 1.63. The Labute approximate surface area is 79.9 Å². The molecule has 1 atom stereocenters. The normalized spacial score (nSPS) is 12.9. The highest BCUT2D eigenvalue weighted by molar-refractivity contribution is 9.10. The lowest BCUT2D eigenvalue weighted by Gasteiger charge is -2.11. The van der Waals surface area contributed by atoms with Gasteiger partial charge in [-0.3, -0.25) is 4.39 Å². The van der Waals surface area contributed by atoms with Crippen LogP contribution < -0.4 is 5.73 Å². The van der Waals surface area contributed by atoms with Crippen LogP contribution in [0, 0.1) is 0 Å². The average molecular weight is 232 g/mol. The van der Waals surface area contributed by atoms with Crippen LogP contribution in [0.15, 0.2) is 28.7 Å². The Morgan fingerprint density at radius 3 is 2.67 bits per heavy atom. The summed E-state index contributed by atoms with van der Waals surface area (Å²) in [7, 11) is 0. The van der Waals surface area contributed by atoms with Gasteiger partial charge in [-0.2, -0.15) is 0 Å². The maximum Gasteiger partial charge on any atom is 0.0912 e. The lowest BCUT2D eigenvalue weighted by molar-refractivity contribution is 0.441. The Morgan fingerprint density at radius 2 is 2.08 bits per heavy atom. The Morgan fingerprint density at radius 1 is 1.42 bits per heavy atom. The smallest absolute Gasteiger partial charge is 0.0912 e. The third-order valence-corrected chi connectivity index (χ3v) is 2.45. The number of benzene rings is 1. The Kier molecular flexibility index (Phi) is 3.69. The molecule has 0 aliphatic rings. The van der Waals surface area contributed by atoms with Crippen molar-refractivity contribution in [3.05, 3.63) is 34.3 Å². The Hall–Kier alpha value is -0.410. The SMILES string of the molecule is N[C@H](CCF)c1ccccc1Br.